The second kappa shape index (κ2) is 6.64. The highest BCUT2D eigenvalue weighted by atomic mass is 16.5. The van der Waals surface area contributed by atoms with Crippen LogP contribution in [0.25, 0.3) is 0 Å². The smallest absolute Gasteiger partial charge is 0.317 e. The zero-order valence-corrected chi connectivity index (χ0v) is 12.9. The summed E-state index contributed by atoms with van der Waals surface area (Å²) < 4.78 is 5.29. The third-order valence-electron chi connectivity index (χ3n) is 4.85. The van der Waals surface area contributed by atoms with E-state index in [-0.39, 0.29) is 25.3 Å². The lowest BCUT2D eigenvalue weighted by atomic mass is 9.85. The van der Waals surface area contributed by atoms with Gasteiger partial charge < -0.3 is 20.1 Å². The van der Waals surface area contributed by atoms with Crippen molar-refractivity contribution in [3.8, 4) is 0 Å². The number of carbonyl (C=O) groups is 2. The monoisotopic (exact) mass is 298 g/mol. The van der Waals surface area contributed by atoms with E-state index in [1.165, 1.54) is 0 Å². The van der Waals surface area contributed by atoms with Gasteiger partial charge in [0.25, 0.3) is 0 Å². The molecule has 3 atom stereocenters. The molecule has 21 heavy (non-hydrogen) atoms. The van der Waals surface area contributed by atoms with Gasteiger partial charge in [0.2, 0.25) is 0 Å². The van der Waals surface area contributed by atoms with Crippen LogP contribution in [0.4, 0.5) is 4.79 Å². The third kappa shape index (κ3) is 3.31. The van der Waals surface area contributed by atoms with Crippen molar-refractivity contribution in [3.63, 3.8) is 0 Å². The Kier molecular flexibility index (Phi) is 5.08. The van der Waals surface area contributed by atoms with Crippen molar-refractivity contribution >= 4 is 12.0 Å². The number of amides is 2. The number of aliphatic carboxylic acids is 1. The minimum Gasteiger partial charge on any atom is -0.481 e. The van der Waals surface area contributed by atoms with Gasteiger partial charge in [0.1, 0.15) is 5.41 Å². The fourth-order valence-corrected chi connectivity index (χ4v) is 3.19. The van der Waals surface area contributed by atoms with Crippen LogP contribution in [-0.4, -0.2) is 53.8 Å². The van der Waals surface area contributed by atoms with Crippen LogP contribution in [0.5, 0.6) is 0 Å². The molecule has 0 spiro atoms. The standard InChI is InChI=1S/C15H26N2O4/c1-3-11-7-5-4-6-8-17(11)14(20)16-12-9-21-10-15(12,2)13(18)19/h11-12H,3-10H2,1-2H3,(H,16,20)(H,18,19). The first-order valence-corrected chi connectivity index (χ1v) is 7.87. The molecule has 2 N–H and O–H groups in total. The number of hydrogen-bond acceptors (Lipinski definition) is 3. The summed E-state index contributed by atoms with van der Waals surface area (Å²) in [4.78, 5) is 25.9. The molecule has 3 unspecified atom stereocenters. The first kappa shape index (κ1) is 16.1. The Balaban J connectivity index is 2.04. The number of urea groups is 1. The molecular formula is C15H26N2O4. The van der Waals surface area contributed by atoms with Crippen LogP contribution in [0.2, 0.25) is 0 Å². The Morgan fingerprint density at radius 2 is 2.14 bits per heavy atom. The summed E-state index contributed by atoms with van der Waals surface area (Å²) in [6.07, 6.45) is 5.29. The number of nitrogens with zero attached hydrogens (tertiary/aromatic N) is 1. The average molecular weight is 298 g/mol. The largest absolute Gasteiger partial charge is 0.481 e. The highest BCUT2D eigenvalue weighted by Gasteiger charge is 2.47. The van der Waals surface area contributed by atoms with Gasteiger partial charge in [-0.25, -0.2) is 4.79 Å². The van der Waals surface area contributed by atoms with E-state index in [2.05, 4.69) is 12.2 Å². The van der Waals surface area contributed by atoms with E-state index in [4.69, 9.17) is 4.74 Å². The van der Waals surface area contributed by atoms with E-state index in [1.54, 1.807) is 6.92 Å². The minimum atomic E-state index is -1.04. The van der Waals surface area contributed by atoms with Crippen LogP contribution in [-0.2, 0) is 9.53 Å². The molecule has 2 aliphatic heterocycles. The summed E-state index contributed by atoms with van der Waals surface area (Å²) in [5.74, 6) is -0.923. The molecule has 2 saturated heterocycles. The van der Waals surface area contributed by atoms with Crippen molar-refractivity contribution in [2.24, 2.45) is 5.41 Å². The molecule has 2 fully saturated rings. The van der Waals surface area contributed by atoms with E-state index >= 15 is 0 Å². The molecule has 6 heteroatoms. The minimum absolute atomic E-state index is 0.143. The summed E-state index contributed by atoms with van der Waals surface area (Å²) in [5.41, 5.74) is -1.04. The number of likely N-dealkylation sites (tertiary alicyclic amines) is 1. The molecule has 2 aliphatic rings. The van der Waals surface area contributed by atoms with Gasteiger partial charge in [-0.2, -0.15) is 0 Å². The zero-order chi connectivity index (χ0) is 15.5. The summed E-state index contributed by atoms with van der Waals surface area (Å²) in [5, 5.41) is 12.3. The number of carboxylic acids is 1. The Labute approximate surface area is 125 Å². The van der Waals surface area contributed by atoms with Crippen molar-refractivity contribution < 1.29 is 19.4 Å². The van der Waals surface area contributed by atoms with Gasteiger partial charge in [0, 0.05) is 12.6 Å². The summed E-state index contributed by atoms with van der Waals surface area (Å²) in [7, 11) is 0. The maximum absolute atomic E-state index is 12.6. The second-order valence-corrected chi connectivity index (χ2v) is 6.34. The molecular weight excluding hydrogens is 272 g/mol. The zero-order valence-electron chi connectivity index (χ0n) is 12.9. The third-order valence-corrected chi connectivity index (χ3v) is 4.85. The van der Waals surface area contributed by atoms with Gasteiger partial charge in [-0.05, 0) is 26.2 Å². The topological polar surface area (TPSA) is 78.9 Å². The predicted octanol–water partition coefficient (Wildman–Crippen LogP) is 1.84. The molecule has 0 aromatic heterocycles. The highest BCUT2D eigenvalue weighted by molar-refractivity contribution is 5.79. The van der Waals surface area contributed by atoms with Gasteiger partial charge in [-0.3, -0.25) is 4.79 Å². The molecule has 0 saturated carbocycles. The number of nitrogens with one attached hydrogen (secondary N) is 1. The fourth-order valence-electron chi connectivity index (χ4n) is 3.19. The number of ether oxygens (including phenoxy) is 1. The molecule has 0 aromatic rings. The summed E-state index contributed by atoms with van der Waals surface area (Å²) in [6.45, 7) is 4.88. The first-order chi connectivity index (χ1) is 9.99. The molecule has 2 heterocycles. The van der Waals surface area contributed by atoms with E-state index in [0.29, 0.717) is 0 Å². The van der Waals surface area contributed by atoms with E-state index in [0.717, 1.165) is 38.6 Å². The Morgan fingerprint density at radius 3 is 2.81 bits per heavy atom. The number of carbonyl (C=O) groups excluding carboxylic acids is 1. The van der Waals surface area contributed by atoms with Gasteiger partial charge in [-0.15, -0.1) is 0 Å². The van der Waals surface area contributed by atoms with Crippen molar-refractivity contribution in [3.05, 3.63) is 0 Å². The van der Waals surface area contributed by atoms with Crippen LogP contribution >= 0.6 is 0 Å². The highest BCUT2D eigenvalue weighted by Crippen LogP contribution is 2.29. The second-order valence-electron chi connectivity index (χ2n) is 6.34. The maximum Gasteiger partial charge on any atom is 0.317 e. The molecule has 0 radical (unpaired) electrons. The average Bonchev–Trinajstić information content (AvgIpc) is 2.69. The quantitative estimate of drug-likeness (QED) is 0.833. The van der Waals surface area contributed by atoms with E-state index < -0.39 is 17.4 Å². The maximum atomic E-state index is 12.6. The van der Waals surface area contributed by atoms with Gasteiger partial charge in [-0.1, -0.05) is 19.8 Å². The molecule has 0 aliphatic carbocycles. The van der Waals surface area contributed by atoms with Crippen LogP contribution < -0.4 is 5.32 Å². The number of carboxylic acid groups (broad SMARTS) is 1. The van der Waals surface area contributed by atoms with Gasteiger partial charge in [0.05, 0.1) is 19.3 Å². The van der Waals surface area contributed by atoms with Crippen molar-refractivity contribution in [1.29, 1.82) is 0 Å². The summed E-state index contributed by atoms with van der Waals surface area (Å²) >= 11 is 0. The lowest BCUT2D eigenvalue weighted by Gasteiger charge is -2.33. The SMILES string of the molecule is CCC1CCCCCN1C(=O)NC1COCC1(C)C(=O)O. The lowest BCUT2D eigenvalue weighted by molar-refractivity contribution is -0.148. The van der Waals surface area contributed by atoms with Crippen molar-refractivity contribution in [2.75, 3.05) is 19.8 Å². The molecule has 120 valence electrons. The molecule has 2 rings (SSSR count). The fraction of sp³-hybridized carbons (Fsp3) is 0.867. The van der Waals surface area contributed by atoms with Crippen LogP contribution in [0.1, 0.15) is 46.0 Å². The van der Waals surface area contributed by atoms with Crippen molar-refractivity contribution in [1.82, 2.24) is 10.2 Å². The Morgan fingerprint density at radius 1 is 1.38 bits per heavy atom. The first-order valence-electron chi connectivity index (χ1n) is 7.87. The van der Waals surface area contributed by atoms with Gasteiger partial charge >= 0.3 is 12.0 Å². The molecule has 0 bridgehead atoms. The normalized spacial score (nSPS) is 33.5. The van der Waals surface area contributed by atoms with Crippen LogP contribution in [0.15, 0.2) is 0 Å². The number of rotatable bonds is 3. The van der Waals surface area contributed by atoms with Crippen LogP contribution in [0.3, 0.4) is 0 Å². The van der Waals surface area contributed by atoms with Crippen molar-refractivity contribution in [2.45, 2.75) is 58.0 Å². The Bertz CT molecular complexity index is 401. The van der Waals surface area contributed by atoms with E-state index in [9.17, 15) is 14.7 Å². The molecule has 2 amide bonds. The lowest BCUT2D eigenvalue weighted by Crippen LogP contribution is -2.55. The van der Waals surface area contributed by atoms with Crippen LogP contribution in [0, 0.1) is 5.41 Å². The van der Waals surface area contributed by atoms with E-state index in [1.807, 2.05) is 4.90 Å². The molecule has 0 aromatic carbocycles. The summed E-state index contributed by atoms with van der Waals surface area (Å²) in [6, 6.07) is -0.360. The molecule has 6 nitrogen and oxygen atoms in total. The Hall–Kier alpha value is -1.30. The van der Waals surface area contributed by atoms with Gasteiger partial charge in [0.15, 0.2) is 0 Å². The number of hydrogen-bond donors (Lipinski definition) is 2. The predicted molar refractivity (Wildman–Crippen MR) is 78.1 cm³/mol.